The summed E-state index contributed by atoms with van der Waals surface area (Å²) >= 11 is 1.34. The predicted octanol–water partition coefficient (Wildman–Crippen LogP) is 3.18. The monoisotopic (exact) mass is 433 g/mol. The van der Waals surface area contributed by atoms with Crippen molar-refractivity contribution in [1.82, 2.24) is 25.6 Å². The van der Waals surface area contributed by atoms with Gasteiger partial charge in [0.15, 0.2) is 5.69 Å². The summed E-state index contributed by atoms with van der Waals surface area (Å²) in [6, 6.07) is 16.0. The SMILES string of the molecule is CC(C)n1nc(C(=O)NNC(=O)c2csc(-c3ccccc3)n2)c2ccccc2c1=O. The zero-order chi connectivity index (χ0) is 22.0. The number of nitrogens with one attached hydrogen (secondary N) is 2. The third-order valence-corrected chi connectivity index (χ3v) is 5.47. The molecule has 0 aliphatic rings. The molecule has 4 aromatic rings. The summed E-state index contributed by atoms with van der Waals surface area (Å²) in [5, 5.41) is 7.34. The molecule has 0 fully saturated rings. The fraction of sp³-hybridized carbons (Fsp3) is 0.136. The summed E-state index contributed by atoms with van der Waals surface area (Å²) in [6.07, 6.45) is 0. The Hall–Kier alpha value is -3.85. The lowest BCUT2D eigenvalue weighted by atomic mass is 10.1. The van der Waals surface area contributed by atoms with Crippen LogP contribution in [0.5, 0.6) is 0 Å². The molecule has 156 valence electrons. The maximum Gasteiger partial charge on any atom is 0.290 e. The van der Waals surface area contributed by atoms with Crippen molar-refractivity contribution in [2.75, 3.05) is 0 Å². The minimum atomic E-state index is -0.627. The van der Waals surface area contributed by atoms with Crippen molar-refractivity contribution in [1.29, 1.82) is 0 Å². The number of carbonyl (C=O) groups excluding carboxylic acids is 2. The Balaban J connectivity index is 1.55. The second-order valence-electron chi connectivity index (χ2n) is 7.05. The van der Waals surface area contributed by atoms with E-state index in [0.717, 1.165) is 5.56 Å². The molecule has 0 atom stereocenters. The van der Waals surface area contributed by atoms with Crippen molar-refractivity contribution in [3.05, 3.63) is 81.7 Å². The van der Waals surface area contributed by atoms with Gasteiger partial charge in [0.1, 0.15) is 10.7 Å². The highest BCUT2D eigenvalue weighted by Gasteiger charge is 2.19. The lowest BCUT2D eigenvalue weighted by molar-refractivity contribution is 0.0841. The highest BCUT2D eigenvalue weighted by atomic mass is 32.1. The van der Waals surface area contributed by atoms with Gasteiger partial charge in [0.2, 0.25) is 0 Å². The van der Waals surface area contributed by atoms with Gasteiger partial charge in [-0.05, 0) is 19.9 Å². The van der Waals surface area contributed by atoms with E-state index in [1.807, 2.05) is 30.3 Å². The van der Waals surface area contributed by atoms with Crippen LogP contribution in [0.4, 0.5) is 0 Å². The van der Waals surface area contributed by atoms with Gasteiger partial charge in [-0.3, -0.25) is 25.2 Å². The van der Waals surface area contributed by atoms with Crippen LogP contribution in [0.15, 0.2) is 64.8 Å². The van der Waals surface area contributed by atoms with Gasteiger partial charge in [0.05, 0.1) is 11.4 Å². The van der Waals surface area contributed by atoms with Gasteiger partial charge in [-0.2, -0.15) is 5.10 Å². The Kier molecular flexibility index (Phi) is 5.59. The van der Waals surface area contributed by atoms with Crippen LogP contribution < -0.4 is 16.4 Å². The average molecular weight is 433 g/mol. The lowest BCUT2D eigenvalue weighted by Gasteiger charge is -2.13. The normalized spacial score (nSPS) is 10.9. The number of fused-ring (bicyclic) bond motifs is 1. The third kappa shape index (κ3) is 4.08. The standard InChI is InChI=1S/C22H19N5O3S/c1-13(2)27-22(30)16-11-7-6-10-15(16)18(26-27)20(29)25-24-19(28)17-12-31-21(23-17)14-8-4-3-5-9-14/h3-13H,1-2H3,(H,24,28)(H,25,29). The van der Waals surface area contributed by atoms with E-state index in [0.29, 0.717) is 15.8 Å². The first-order chi connectivity index (χ1) is 15.0. The predicted molar refractivity (Wildman–Crippen MR) is 119 cm³/mol. The van der Waals surface area contributed by atoms with Gasteiger partial charge >= 0.3 is 0 Å². The van der Waals surface area contributed by atoms with Crippen LogP contribution in [0.2, 0.25) is 0 Å². The van der Waals surface area contributed by atoms with E-state index in [9.17, 15) is 14.4 Å². The Morgan fingerprint density at radius 2 is 1.58 bits per heavy atom. The van der Waals surface area contributed by atoms with Crippen molar-refractivity contribution in [3.8, 4) is 10.6 Å². The Morgan fingerprint density at radius 1 is 0.935 bits per heavy atom. The molecular formula is C22H19N5O3S. The van der Waals surface area contributed by atoms with Gasteiger partial charge in [-0.15, -0.1) is 11.3 Å². The molecule has 0 saturated carbocycles. The second-order valence-corrected chi connectivity index (χ2v) is 7.91. The van der Waals surface area contributed by atoms with Crippen molar-refractivity contribution in [2.45, 2.75) is 19.9 Å². The molecule has 9 heteroatoms. The van der Waals surface area contributed by atoms with Crippen LogP contribution >= 0.6 is 11.3 Å². The molecule has 2 amide bonds. The number of rotatable bonds is 4. The lowest BCUT2D eigenvalue weighted by Crippen LogP contribution is -2.43. The molecule has 31 heavy (non-hydrogen) atoms. The topological polar surface area (TPSA) is 106 Å². The third-order valence-electron chi connectivity index (χ3n) is 4.58. The molecule has 2 heterocycles. The minimum absolute atomic E-state index is 0.0486. The molecule has 0 spiro atoms. The van der Waals surface area contributed by atoms with Gasteiger partial charge in [0, 0.05) is 16.3 Å². The fourth-order valence-corrected chi connectivity index (χ4v) is 3.86. The van der Waals surface area contributed by atoms with Crippen LogP contribution in [0.1, 0.15) is 40.9 Å². The second kappa shape index (κ2) is 8.49. The van der Waals surface area contributed by atoms with Gasteiger partial charge < -0.3 is 0 Å². The highest BCUT2D eigenvalue weighted by Crippen LogP contribution is 2.23. The molecule has 0 unspecified atom stereocenters. The number of nitrogens with zero attached hydrogens (tertiary/aromatic N) is 3. The smallest absolute Gasteiger partial charge is 0.267 e. The number of hydrazine groups is 1. The van der Waals surface area contributed by atoms with Crippen LogP contribution in [0.3, 0.4) is 0 Å². The molecule has 2 aromatic carbocycles. The number of hydrogen-bond acceptors (Lipinski definition) is 6. The number of benzene rings is 2. The molecule has 0 radical (unpaired) electrons. The summed E-state index contributed by atoms with van der Waals surface area (Å²) in [4.78, 5) is 42.2. The molecule has 4 rings (SSSR count). The summed E-state index contributed by atoms with van der Waals surface area (Å²) < 4.78 is 1.26. The maximum atomic E-state index is 12.8. The van der Waals surface area contributed by atoms with Gasteiger partial charge in [0.25, 0.3) is 17.4 Å². The number of thiazole rings is 1. The molecule has 8 nitrogen and oxygen atoms in total. The first-order valence-corrected chi connectivity index (χ1v) is 10.5. The van der Waals surface area contributed by atoms with Crippen molar-refractivity contribution < 1.29 is 9.59 Å². The summed E-state index contributed by atoms with van der Waals surface area (Å²) in [7, 11) is 0. The Labute approximate surface area is 181 Å². The van der Waals surface area contributed by atoms with E-state index in [4.69, 9.17) is 0 Å². The molecule has 0 saturated heterocycles. The molecule has 2 N–H and O–H groups in total. The van der Waals surface area contributed by atoms with Crippen molar-refractivity contribution in [3.63, 3.8) is 0 Å². The summed E-state index contributed by atoms with van der Waals surface area (Å²) in [5.74, 6) is -1.18. The molecule has 0 aliphatic carbocycles. The number of aromatic nitrogens is 3. The fourth-order valence-electron chi connectivity index (χ4n) is 3.05. The average Bonchev–Trinajstić information content (AvgIpc) is 3.28. The summed E-state index contributed by atoms with van der Waals surface area (Å²) in [6.45, 7) is 3.61. The molecular weight excluding hydrogens is 414 g/mol. The van der Waals surface area contributed by atoms with Gasteiger partial charge in [-0.25, -0.2) is 9.67 Å². The largest absolute Gasteiger partial charge is 0.290 e. The first kappa shape index (κ1) is 20.4. The van der Waals surface area contributed by atoms with Crippen molar-refractivity contribution in [2.24, 2.45) is 0 Å². The van der Waals surface area contributed by atoms with E-state index in [-0.39, 0.29) is 23.0 Å². The molecule has 2 aromatic heterocycles. The minimum Gasteiger partial charge on any atom is -0.267 e. The van der Waals surface area contributed by atoms with Crippen LogP contribution in [0, 0.1) is 0 Å². The van der Waals surface area contributed by atoms with E-state index in [2.05, 4.69) is 20.9 Å². The number of amides is 2. The Bertz CT molecular complexity index is 1330. The first-order valence-electron chi connectivity index (χ1n) is 9.59. The van der Waals surface area contributed by atoms with E-state index in [1.165, 1.54) is 16.0 Å². The van der Waals surface area contributed by atoms with E-state index >= 15 is 0 Å². The van der Waals surface area contributed by atoms with E-state index < -0.39 is 11.8 Å². The molecule has 0 aliphatic heterocycles. The van der Waals surface area contributed by atoms with Crippen molar-refractivity contribution >= 4 is 33.9 Å². The maximum absolute atomic E-state index is 12.8. The Morgan fingerprint density at radius 3 is 2.29 bits per heavy atom. The van der Waals surface area contributed by atoms with Crippen LogP contribution in [-0.2, 0) is 0 Å². The highest BCUT2D eigenvalue weighted by molar-refractivity contribution is 7.13. The number of carbonyl (C=O) groups is 2. The zero-order valence-corrected chi connectivity index (χ0v) is 17.6. The quantitative estimate of drug-likeness (QED) is 0.481. The van der Waals surface area contributed by atoms with Crippen LogP contribution in [-0.4, -0.2) is 26.6 Å². The number of hydrogen-bond donors (Lipinski definition) is 2. The zero-order valence-electron chi connectivity index (χ0n) is 16.8. The van der Waals surface area contributed by atoms with Crippen LogP contribution in [0.25, 0.3) is 21.3 Å². The molecule has 0 bridgehead atoms. The van der Waals surface area contributed by atoms with E-state index in [1.54, 1.807) is 43.5 Å². The summed E-state index contributed by atoms with van der Waals surface area (Å²) in [5.41, 5.74) is 5.61. The van der Waals surface area contributed by atoms with Gasteiger partial charge in [-0.1, -0.05) is 48.5 Å².